The largest absolute Gasteiger partial charge is 0.494 e. The SMILES string of the molecule is CCOc1ccc(N[C@@H](c2cccc(Cl)c2)P(=O)(O)O)cc1. The first-order valence-corrected chi connectivity index (χ1v) is 8.76. The Morgan fingerprint density at radius 3 is 2.45 bits per heavy atom. The van der Waals surface area contributed by atoms with E-state index in [1.807, 2.05) is 6.92 Å². The van der Waals surface area contributed by atoms with Gasteiger partial charge < -0.3 is 19.8 Å². The fourth-order valence-electron chi connectivity index (χ4n) is 2.01. The third-order valence-corrected chi connectivity index (χ3v) is 4.30. The molecule has 0 amide bonds. The summed E-state index contributed by atoms with van der Waals surface area (Å²) in [4.78, 5) is 19.2. The highest BCUT2D eigenvalue weighted by molar-refractivity contribution is 7.52. The summed E-state index contributed by atoms with van der Waals surface area (Å²) >= 11 is 5.90. The molecule has 0 aliphatic rings. The van der Waals surface area contributed by atoms with Gasteiger partial charge in [-0.05, 0) is 48.9 Å². The van der Waals surface area contributed by atoms with Crippen molar-refractivity contribution in [3.05, 3.63) is 59.1 Å². The van der Waals surface area contributed by atoms with Crippen molar-refractivity contribution in [2.75, 3.05) is 11.9 Å². The quantitative estimate of drug-likeness (QED) is 0.691. The smallest absolute Gasteiger partial charge is 0.352 e. The zero-order valence-corrected chi connectivity index (χ0v) is 13.6. The van der Waals surface area contributed by atoms with E-state index in [4.69, 9.17) is 16.3 Å². The molecule has 0 saturated heterocycles. The Hall–Kier alpha value is -1.52. The highest BCUT2D eigenvalue weighted by Gasteiger charge is 2.30. The van der Waals surface area contributed by atoms with E-state index in [9.17, 15) is 14.4 Å². The molecule has 2 rings (SSSR count). The molecular weight excluding hydrogens is 325 g/mol. The molecule has 0 saturated carbocycles. The molecule has 0 aliphatic heterocycles. The molecule has 1 atom stereocenters. The van der Waals surface area contributed by atoms with E-state index < -0.39 is 13.4 Å². The Labute approximate surface area is 134 Å². The molecule has 0 heterocycles. The Bertz CT molecular complexity index is 671. The summed E-state index contributed by atoms with van der Waals surface area (Å²) in [6, 6.07) is 13.3. The van der Waals surface area contributed by atoms with Crippen LogP contribution in [0.2, 0.25) is 5.02 Å². The third kappa shape index (κ3) is 4.49. The molecule has 0 fully saturated rings. The van der Waals surface area contributed by atoms with E-state index in [1.54, 1.807) is 42.5 Å². The number of hydrogen-bond acceptors (Lipinski definition) is 3. The predicted octanol–water partition coefficient (Wildman–Crippen LogP) is 4.03. The Balaban J connectivity index is 2.26. The lowest BCUT2D eigenvalue weighted by Gasteiger charge is -2.21. The van der Waals surface area contributed by atoms with Gasteiger partial charge in [0.15, 0.2) is 5.78 Å². The van der Waals surface area contributed by atoms with Crippen molar-refractivity contribution in [2.24, 2.45) is 0 Å². The first-order valence-electron chi connectivity index (χ1n) is 6.70. The van der Waals surface area contributed by atoms with Gasteiger partial charge in [0.05, 0.1) is 6.61 Å². The maximum absolute atomic E-state index is 11.8. The summed E-state index contributed by atoms with van der Waals surface area (Å²) in [6.45, 7) is 2.44. The van der Waals surface area contributed by atoms with Gasteiger partial charge in [0, 0.05) is 10.7 Å². The first-order chi connectivity index (χ1) is 10.4. The van der Waals surface area contributed by atoms with Crippen LogP contribution >= 0.6 is 19.2 Å². The monoisotopic (exact) mass is 341 g/mol. The van der Waals surface area contributed by atoms with Crippen LogP contribution in [0.5, 0.6) is 5.75 Å². The maximum atomic E-state index is 11.8. The van der Waals surface area contributed by atoms with Crippen LogP contribution in [0.25, 0.3) is 0 Å². The molecule has 2 aromatic carbocycles. The van der Waals surface area contributed by atoms with Gasteiger partial charge in [0.2, 0.25) is 0 Å². The lowest BCUT2D eigenvalue weighted by atomic mass is 10.2. The average Bonchev–Trinajstić information content (AvgIpc) is 2.45. The normalized spacial score (nSPS) is 12.7. The topological polar surface area (TPSA) is 78.8 Å². The minimum atomic E-state index is -4.41. The minimum absolute atomic E-state index is 0.421. The van der Waals surface area contributed by atoms with E-state index in [0.29, 0.717) is 28.6 Å². The van der Waals surface area contributed by atoms with Crippen LogP contribution in [-0.4, -0.2) is 16.4 Å². The predicted molar refractivity (Wildman–Crippen MR) is 87.5 cm³/mol. The highest BCUT2D eigenvalue weighted by atomic mass is 35.5. The van der Waals surface area contributed by atoms with Gasteiger partial charge in [-0.2, -0.15) is 0 Å². The Morgan fingerprint density at radius 1 is 1.23 bits per heavy atom. The summed E-state index contributed by atoms with van der Waals surface area (Å²) in [5.74, 6) is -0.465. The number of rotatable bonds is 6. The van der Waals surface area contributed by atoms with Crippen molar-refractivity contribution in [3.8, 4) is 5.75 Å². The van der Waals surface area contributed by atoms with Gasteiger partial charge in [-0.15, -0.1) is 0 Å². The summed E-state index contributed by atoms with van der Waals surface area (Å²) in [6.07, 6.45) is 0. The molecule has 5 nitrogen and oxygen atoms in total. The van der Waals surface area contributed by atoms with Crippen LogP contribution in [0.15, 0.2) is 48.5 Å². The van der Waals surface area contributed by atoms with Crippen molar-refractivity contribution < 1.29 is 19.1 Å². The van der Waals surface area contributed by atoms with Gasteiger partial charge in [-0.1, -0.05) is 23.7 Å². The summed E-state index contributed by atoms with van der Waals surface area (Å²) in [5.41, 5.74) is 1.01. The van der Waals surface area contributed by atoms with Crippen LogP contribution < -0.4 is 10.1 Å². The molecule has 118 valence electrons. The van der Waals surface area contributed by atoms with E-state index in [1.165, 1.54) is 6.07 Å². The second-order valence-electron chi connectivity index (χ2n) is 4.65. The van der Waals surface area contributed by atoms with Gasteiger partial charge in [-0.25, -0.2) is 0 Å². The summed E-state index contributed by atoms with van der Waals surface area (Å²) < 4.78 is 17.1. The summed E-state index contributed by atoms with van der Waals surface area (Å²) in [7, 11) is -4.41. The molecular formula is C15H17ClNO4P. The second kappa shape index (κ2) is 7.16. The molecule has 2 aromatic rings. The molecule has 3 N–H and O–H groups in total. The minimum Gasteiger partial charge on any atom is -0.494 e. The molecule has 0 unspecified atom stereocenters. The number of anilines is 1. The molecule has 7 heteroatoms. The fraction of sp³-hybridized carbons (Fsp3) is 0.200. The van der Waals surface area contributed by atoms with Crippen molar-refractivity contribution in [1.82, 2.24) is 0 Å². The molecule has 0 radical (unpaired) electrons. The van der Waals surface area contributed by atoms with Crippen LogP contribution in [0.1, 0.15) is 18.3 Å². The zero-order valence-electron chi connectivity index (χ0n) is 11.9. The van der Waals surface area contributed by atoms with Crippen molar-refractivity contribution >= 4 is 24.9 Å². The van der Waals surface area contributed by atoms with Crippen molar-refractivity contribution in [3.63, 3.8) is 0 Å². The number of nitrogens with one attached hydrogen (secondary N) is 1. The third-order valence-electron chi connectivity index (χ3n) is 2.97. The lowest BCUT2D eigenvalue weighted by molar-refractivity contribution is 0.340. The van der Waals surface area contributed by atoms with Crippen molar-refractivity contribution in [1.29, 1.82) is 0 Å². The number of ether oxygens (including phenoxy) is 1. The second-order valence-corrected chi connectivity index (χ2v) is 6.78. The molecule has 0 aliphatic carbocycles. The highest BCUT2D eigenvalue weighted by Crippen LogP contribution is 2.52. The van der Waals surface area contributed by atoms with Crippen molar-refractivity contribution in [2.45, 2.75) is 12.7 Å². The number of halogens is 1. The zero-order chi connectivity index (χ0) is 16.2. The fourth-order valence-corrected chi connectivity index (χ4v) is 3.08. The average molecular weight is 342 g/mol. The van der Waals surface area contributed by atoms with E-state index >= 15 is 0 Å². The first kappa shape index (κ1) is 16.8. The standard InChI is InChI=1S/C15H17ClNO4P/c1-2-21-14-8-6-13(7-9-14)17-15(22(18,19)20)11-4-3-5-12(16)10-11/h3-10,15,17H,2H2,1H3,(H2,18,19,20)/t15-/m1/s1. The van der Waals surface area contributed by atoms with Crippen LogP contribution in [-0.2, 0) is 4.57 Å². The van der Waals surface area contributed by atoms with Crippen LogP contribution in [0, 0.1) is 0 Å². The number of hydrogen-bond donors (Lipinski definition) is 3. The summed E-state index contributed by atoms with van der Waals surface area (Å²) in [5, 5.41) is 3.28. The van der Waals surface area contributed by atoms with Crippen LogP contribution in [0.3, 0.4) is 0 Å². The van der Waals surface area contributed by atoms with E-state index in [2.05, 4.69) is 5.32 Å². The van der Waals surface area contributed by atoms with E-state index in [0.717, 1.165) is 0 Å². The Morgan fingerprint density at radius 2 is 1.91 bits per heavy atom. The van der Waals surface area contributed by atoms with E-state index in [-0.39, 0.29) is 0 Å². The molecule has 0 aromatic heterocycles. The van der Waals surface area contributed by atoms with Gasteiger partial charge >= 0.3 is 7.60 Å². The molecule has 0 bridgehead atoms. The number of benzene rings is 2. The lowest BCUT2D eigenvalue weighted by Crippen LogP contribution is -2.11. The van der Waals surface area contributed by atoms with Gasteiger partial charge in [-0.3, -0.25) is 4.57 Å². The Kier molecular flexibility index (Phi) is 5.48. The van der Waals surface area contributed by atoms with Gasteiger partial charge in [0.25, 0.3) is 0 Å². The molecule has 22 heavy (non-hydrogen) atoms. The molecule has 0 spiro atoms. The van der Waals surface area contributed by atoms with Gasteiger partial charge in [0.1, 0.15) is 5.75 Å². The maximum Gasteiger partial charge on any atom is 0.352 e. The van der Waals surface area contributed by atoms with Crippen LogP contribution in [0.4, 0.5) is 5.69 Å².